The predicted molar refractivity (Wildman–Crippen MR) is 100 cm³/mol. The fourth-order valence-electron chi connectivity index (χ4n) is 2.26. The highest BCUT2D eigenvalue weighted by Gasteiger charge is 2.18. The average Bonchev–Trinajstić information content (AvgIpc) is 2.63. The van der Waals surface area contributed by atoms with Gasteiger partial charge in [-0.3, -0.25) is 14.5 Å². The van der Waals surface area contributed by atoms with Crippen LogP contribution in [0.3, 0.4) is 0 Å². The van der Waals surface area contributed by atoms with E-state index < -0.39 is 5.91 Å². The first-order chi connectivity index (χ1) is 12.0. The van der Waals surface area contributed by atoms with Gasteiger partial charge >= 0.3 is 0 Å². The molecule has 5 heteroatoms. The lowest BCUT2D eigenvalue weighted by Crippen LogP contribution is -2.31. The number of primary amides is 1. The monoisotopic (exact) mass is 336 g/mol. The summed E-state index contributed by atoms with van der Waals surface area (Å²) in [5, 5.41) is 0. The molecule has 0 unspecified atom stereocenters. The van der Waals surface area contributed by atoms with E-state index in [1.54, 1.807) is 12.2 Å². The quantitative estimate of drug-likeness (QED) is 0.805. The minimum Gasteiger partial charge on any atom is -0.368 e. The van der Waals surface area contributed by atoms with Crippen molar-refractivity contribution < 1.29 is 14.3 Å². The van der Waals surface area contributed by atoms with Crippen molar-refractivity contribution in [2.24, 2.45) is 5.73 Å². The van der Waals surface area contributed by atoms with Gasteiger partial charge in [-0.2, -0.15) is 0 Å². The molecule has 0 aromatic heterocycles. The van der Waals surface area contributed by atoms with Crippen molar-refractivity contribution in [3.05, 3.63) is 72.8 Å². The van der Waals surface area contributed by atoms with E-state index in [1.165, 1.54) is 4.90 Å². The zero-order valence-electron chi connectivity index (χ0n) is 13.9. The maximum absolute atomic E-state index is 12.6. The lowest BCUT2D eigenvalue weighted by molar-refractivity contribution is -0.127. The molecule has 2 amide bonds. The summed E-state index contributed by atoms with van der Waals surface area (Å²) in [6.07, 6.45) is 3.45. The van der Waals surface area contributed by atoms with Crippen LogP contribution in [0, 0.1) is 0 Å². The molecule has 25 heavy (non-hydrogen) atoms. The molecule has 0 aliphatic heterocycles. The van der Waals surface area contributed by atoms with Gasteiger partial charge < -0.3 is 10.5 Å². The molecule has 0 saturated heterocycles. The maximum Gasteiger partial charge on any atom is 0.257 e. The van der Waals surface area contributed by atoms with Gasteiger partial charge in [0.2, 0.25) is 5.91 Å². The Bertz CT molecular complexity index is 713. The molecule has 0 aliphatic rings. The molecule has 5 nitrogen and oxygen atoms in total. The van der Waals surface area contributed by atoms with E-state index in [2.05, 4.69) is 13.2 Å². The number of carbonyl (C=O) groups excluding carboxylic acids is 2. The highest BCUT2D eigenvalue weighted by atomic mass is 16.5. The van der Waals surface area contributed by atoms with E-state index in [0.717, 1.165) is 11.1 Å². The molecule has 0 heterocycles. The number of benzene rings is 2. The zero-order valence-corrected chi connectivity index (χ0v) is 13.9. The summed E-state index contributed by atoms with van der Waals surface area (Å²) in [6, 6.07) is 14.8. The number of amides is 2. The molecule has 0 bridgehead atoms. The van der Waals surface area contributed by atoms with Gasteiger partial charge in [-0.05, 0) is 35.4 Å². The van der Waals surface area contributed by atoms with Gasteiger partial charge in [0.05, 0.1) is 0 Å². The fourth-order valence-corrected chi connectivity index (χ4v) is 2.26. The van der Waals surface area contributed by atoms with Crippen molar-refractivity contribution in [1.29, 1.82) is 0 Å². The lowest BCUT2D eigenvalue weighted by atomic mass is 10.1. The van der Waals surface area contributed by atoms with Crippen molar-refractivity contribution >= 4 is 35.3 Å². The minimum absolute atomic E-state index is 0.255. The molecular weight excluding hydrogens is 316 g/mol. The molecule has 0 spiro atoms. The minimum atomic E-state index is -0.620. The average molecular weight is 336 g/mol. The molecule has 2 N–H and O–H groups in total. The number of hydrogen-bond donors (Lipinski definition) is 1. The van der Waals surface area contributed by atoms with Gasteiger partial charge in [0.15, 0.2) is 0 Å². The molecule has 0 aliphatic carbocycles. The predicted octanol–water partition coefficient (Wildman–Crippen LogP) is 3.14. The SMILES string of the molecule is C=Cc1ccc(N(C(=O)COCC(N)=O)c2ccc(C=C)cc2)cc1. The van der Waals surface area contributed by atoms with E-state index in [1.807, 2.05) is 48.5 Å². The van der Waals surface area contributed by atoms with Crippen LogP contribution in [0.5, 0.6) is 0 Å². The molecule has 2 aromatic carbocycles. The maximum atomic E-state index is 12.6. The summed E-state index contributed by atoms with van der Waals surface area (Å²) in [5.41, 5.74) is 8.30. The Morgan fingerprint density at radius 2 is 1.32 bits per heavy atom. The first-order valence-corrected chi connectivity index (χ1v) is 7.69. The van der Waals surface area contributed by atoms with Crippen molar-refractivity contribution in [2.75, 3.05) is 18.1 Å². The van der Waals surface area contributed by atoms with Crippen molar-refractivity contribution in [3.8, 4) is 0 Å². The Labute approximate surface area is 147 Å². The Kier molecular flexibility index (Phi) is 6.26. The van der Waals surface area contributed by atoms with E-state index >= 15 is 0 Å². The van der Waals surface area contributed by atoms with Gasteiger partial charge in [0, 0.05) is 11.4 Å². The summed E-state index contributed by atoms with van der Waals surface area (Å²) < 4.78 is 5.07. The number of ether oxygens (including phenoxy) is 1. The van der Waals surface area contributed by atoms with Crippen LogP contribution >= 0.6 is 0 Å². The smallest absolute Gasteiger partial charge is 0.257 e. The summed E-state index contributed by atoms with van der Waals surface area (Å²) in [5.74, 6) is -0.927. The molecule has 0 atom stereocenters. The van der Waals surface area contributed by atoms with Crippen LogP contribution in [0.15, 0.2) is 61.7 Å². The van der Waals surface area contributed by atoms with Crippen LogP contribution in [0.4, 0.5) is 11.4 Å². The standard InChI is InChI=1S/C20H20N2O3/c1-3-15-5-9-17(10-6-15)22(20(24)14-25-13-19(21)23)18-11-7-16(4-2)8-12-18/h3-12H,1-2,13-14H2,(H2,21,23). The third kappa shape index (κ3) is 4.89. The summed E-state index contributed by atoms with van der Waals surface area (Å²) in [6.45, 7) is 6.89. The number of carbonyl (C=O) groups is 2. The number of anilines is 2. The van der Waals surface area contributed by atoms with E-state index in [4.69, 9.17) is 10.5 Å². The topological polar surface area (TPSA) is 72.6 Å². The van der Waals surface area contributed by atoms with Gasteiger partial charge in [-0.25, -0.2) is 0 Å². The summed E-state index contributed by atoms with van der Waals surface area (Å²) >= 11 is 0. The molecule has 2 aromatic rings. The highest BCUT2D eigenvalue weighted by molar-refractivity contribution is 6.01. The van der Waals surface area contributed by atoms with Crippen LogP contribution < -0.4 is 10.6 Å². The molecule has 2 rings (SSSR count). The van der Waals surface area contributed by atoms with Crippen LogP contribution in [-0.4, -0.2) is 25.0 Å². The first-order valence-electron chi connectivity index (χ1n) is 7.69. The Balaban J connectivity index is 2.31. The Morgan fingerprint density at radius 1 is 0.880 bits per heavy atom. The second-order valence-electron chi connectivity index (χ2n) is 5.28. The normalized spacial score (nSPS) is 10.1. The second kappa shape index (κ2) is 8.61. The van der Waals surface area contributed by atoms with E-state index in [0.29, 0.717) is 11.4 Å². The zero-order chi connectivity index (χ0) is 18.2. The van der Waals surface area contributed by atoms with Crippen molar-refractivity contribution in [1.82, 2.24) is 0 Å². The Morgan fingerprint density at radius 3 is 1.68 bits per heavy atom. The Hall–Kier alpha value is -3.18. The number of nitrogens with two attached hydrogens (primary N) is 1. The molecule has 0 radical (unpaired) electrons. The highest BCUT2D eigenvalue weighted by Crippen LogP contribution is 2.27. The number of hydrogen-bond acceptors (Lipinski definition) is 3. The molecule has 0 saturated carbocycles. The summed E-state index contributed by atoms with van der Waals surface area (Å²) in [7, 11) is 0. The van der Waals surface area contributed by atoms with Crippen LogP contribution in [0.1, 0.15) is 11.1 Å². The van der Waals surface area contributed by atoms with Gasteiger partial charge in [-0.15, -0.1) is 0 Å². The second-order valence-corrected chi connectivity index (χ2v) is 5.28. The summed E-state index contributed by atoms with van der Waals surface area (Å²) in [4.78, 5) is 25.0. The van der Waals surface area contributed by atoms with Crippen LogP contribution in [-0.2, 0) is 14.3 Å². The third-order valence-corrected chi connectivity index (χ3v) is 3.49. The van der Waals surface area contributed by atoms with Crippen molar-refractivity contribution in [2.45, 2.75) is 0 Å². The number of nitrogens with zero attached hydrogens (tertiary/aromatic N) is 1. The van der Waals surface area contributed by atoms with Crippen LogP contribution in [0.25, 0.3) is 12.2 Å². The van der Waals surface area contributed by atoms with E-state index in [9.17, 15) is 9.59 Å². The largest absolute Gasteiger partial charge is 0.368 e. The van der Waals surface area contributed by atoms with Gasteiger partial charge in [0.1, 0.15) is 13.2 Å². The van der Waals surface area contributed by atoms with Gasteiger partial charge in [0.25, 0.3) is 5.91 Å². The molecular formula is C20H20N2O3. The van der Waals surface area contributed by atoms with Gasteiger partial charge in [-0.1, -0.05) is 49.6 Å². The van der Waals surface area contributed by atoms with Crippen molar-refractivity contribution in [3.63, 3.8) is 0 Å². The van der Waals surface area contributed by atoms with E-state index in [-0.39, 0.29) is 19.1 Å². The molecule has 128 valence electrons. The molecule has 0 fully saturated rings. The fraction of sp³-hybridized carbons (Fsp3) is 0.100. The number of rotatable bonds is 8. The lowest BCUT2D eigenvalue weighted by Gasteiger charge is -2.23. The third-order valence-electron chi connectivity index (χ3n) is 3.49. The van der Waals surface area contributed by atoms with Crippen LogP contribution in [0.2, 0.25) is 0 Å². The first kappa shape index (κ1) is 18.2.